The topological polar surface area (TPSA) is 104 Å². The van der Waals surface area contributed by atoms with Crippen LogP contribution in [0.25, 0.3) is 22.0 Å². The molecule has 0 atom stereocenters. The van der Waals surface area contributed by atoms with Crippen molar-refractivity contribution >= 4 is 28.5 Å². The summed E-state index contributed by atoms with van der Waals surface area (Å²) >= 11 is 0. The van der Waals surface area contributed by atoms with E-state index in [1.165, 1.54) is 6.20 Å². The van der Waals surface area contributed by atoms with Crippen LogP contribution in [0.5, 0.6) is 5.75 Å². The summed E-state index contributed by atoms with van der Waals surface area (Å²) in [4.78, 5) is 29.1. The molecule has 1 aliphatic carbocycles. The van der Waals surface area contributed by atoms with Gasteiger partial charge in [-0.2, -0.15) is 0 Å². The fraction of sp³-hybridized carbons (Fsp3) is 0.320. The molecule has 3 aromatic rings. The molecule has 7 heteroatoms. The minimum Gasteiger partial charge on any atom is -0.496 e. The summed E-state index contributed by atoms with van der Waals surface area (Å²) in [5, 5.41) is 3.56. The van der Waals surface area contributed by atoms with Gasteiger partial charge in [-0.15, -0.1) is 0 Å². The molecule has 1 aromatic heterocycles. The van der Waals surface area contributed by atoms with Crippen molar-refractivity contribution in [3.8, 4) is 16.9 Å². The zero-order valence-corrected chi connectivity index (χ0v) is 18.3. The first-order valence-corrected chi connectivity index (χ1v) is 10.9. The van der Waals surface area contributed by atoms with Crippen LogP contribution in [0.2, 0.25) is 0 Å². The van der Waals surface area contributed by atoms with Gasteiger partial charge in [0, 0.05) is 35.3 Å². The average molecular weight is 434 g/mol. The van der Waals surface area contributed by atoms with E-state index in [0.717, 1.165) is 36.8 Å². The van der Waals surface area contributed by atoms with Crippen molar-refractivity contribution in [2.75, 3.05) is 19.4 Å². The van der Waals surface area contributed by atoms with E-state index < -0.39 is 5.97 Å². The zero-order chi connectivity index (χ0) is 22.7. The molecule has 0 radical (unpaired) electrons. The largest absolute Gasteiger partial charge is 0.496 e. The number of carbonyl (C=O) groups is 2. The first-order valence-electron chi connectivity index (χ1n) is 10.9. The molecule has 0 aliphatic heterocycles. The predicted octanol–water partition coefficient (Wildman–Crippen LogP) is 4.34. The number of nitrogens with zero attached hydrogens (tertiary/aromatic N) is 1. The lowest BCUT2D eigenvalue weighted by Gasteiger charge is -2.14. The molecule has 32 heavy (non-hydrogen) atoms. The first-order chi connectivity index (χ1) is 15.5. The van der Waals surface area contributed by atoms with Gasteiger partial charge >= 0.3 is 5.97 Å². The van der Waals surface area contributed by atoms with Crippen LogP contribution >= 0.6 is 0 Å². The molecule has 1 aliphatic rings. The average Bonchev–Trinajstić information content (AvgIpc) is 3.62. The lowest BCUT2D eigenvalue weighted by atomic mass is 9.99. The maximum atomic E-state index is 12.4. The highest BCUT2D eigenvalue weighted by atomic mass is 16.5. The minimum absolute atomic E-state index is 0.0123. The third-order valence-corrected chi connectivity index (χ3v) is 5.52. The van der Waals surface area contributed by atoms with Gasteiger partial charge < -0.3 is 20.5 Å². The number of nitrogens with two attached hydrogens (primary N) is 1. The number of carbonyl (C=O) groups excluding carboxylic acids is 2. The molecule has 1 heterocycles. The van der Waals surface area contributed by atoms with Crippen LogP contribution in [0.3, 0.4) is 0 Å². The highest BCUT2D eigenvalue weighted by molar-refractivity contribution is 6.05. The Hall–Kier alpha value is -3.61. The highest BCUT2D eigenvalue weighted by Crippen LogP contribution is 2.37. The number of nitrogen functional groups attached to an aromatic ring is 1. The number of hydrogen-bond acceptors (Lipinski definition) is 6. The highest BCUT2D eigenvalue weighted by Gasteiger charge is 2.28. The summed E-state index contributed by atoms with van der Waals surface area (Å²) < 4.78 is 11.0. The number of amides is 1. The molecule has 4 rings (SSSR count). The lowest BCUT2D eigenvalue weighted by molar-refractivity contribution is 0.0473. The molecule has 0 spiro atoms. The number of esters is 1. The van der Waals surface area contributed by atoms with Gasteiger partial charge in [0.1, 0.15) is 17.4 Å². The summed E-state index contributed by atoms with van der Waals surface area (Å²) in [7, 11) is 1.59. The van der Waals surface area contributed by atoms with Crippen molar-refractivity contribution in [3.05, 3.63) is 53.7 Å². The molecule has 0 saturated heterocycles. The third kappa shape index (κ3) is 4.51. The van der Waals surface area contributed by atoms with Crippen LogP contribution in [0.1, 0.15) is 53.3 Å². The number of fused-ring (bicyclic) bond motifs is 1. The molecule has 1 saturated carbocycles. The number of methoxy groups -OCH3 is 1. The number of pyridine rings is 1. The quantitative estimate of drug-likeness (QED) is 0.405. The normalized spacial score (nSPS) is 13.1. The molecular weight excluding hydrogens is 406 g/mol. The number of anilines is 1. The number of unbranched alkanes of at least 4 members (excludes halogenated alkanes) is 1. The van der Waals surface area contributed by atoms with Gasteiger partial charge in [-0.3, -0.25) is 9.78 Å². The van der Waals surface area contributed by atoms with Gasteiger partial charge in [-0.1, -0.05) is 25.5 Å². The Balaban J connectivity index is 1.67. The summed E-state index contributed by atoms with van der Waals surface area (Å²) in [6, 6.07) is 11.0. The molecule has 1 fully saturated rings. The number of benzene rings is 2. The lowest BCUT2D eigenvalue weighted by Crippen LogP contribution is -2.24. The number of ether oxygens (including phenoxy) is 2. The smallest absolute Gasteiger partial charge is 0.342 e. The Morgan fingerprint density at radius 3 is 2.59 bits per heavy atom. The number of nitrogens with one attached hydrogen (secondary N) is 1. The molecule has 3 N–H and O–H groups in total. The molecule has 7 nitrogen and oxygen atoms in total. The van der Waals surface area contributed by atoms with E-state index >= 15 is 0 Å². The molecule has 2 aromatic carbocycles. The number of rotatable bonds is 8. The van der Waals surface area contributed by atoms with E-state index in [2.05, 4.69) is 17.2 Å². The van der Waals surface area contributed by atoms with Gasteiger partial charge in [0.25, 0.3) is 5.91 Å². The van der Waals surface area contributed by atoms with Gasteiger partial charge in [-0.25, -0.2) is 4.79 Å². The molecule has 166 valence electrons. The van der Waals surface area contributed by atoms with Crippen LogP contribution in [-0.2, 0) is 4.74 Å². The van der Waals surface area contributed by atoms with Crippen LogP contribution in [0.4, 0.5) is 5.69 Å². The Bertz CT molecular complexity index is 1150. The first kappa shape index (κ1) is 21.6. The second-order valence-corrected chi connectivity index (χ2v) is 7.95. The summed E-state index contributed by atoms with van der Waals surface area (Å²) in [6.07, 6.45) is 5.19. The Labute approximate surface area is 186 Å². The molecule has 0 unspecified atom stereocenters. The second kappa shape index (κ2) is 9.26. The van der Waals surface area contributed by atoms with Crippen molar-refractivity contribution in [2.45, 2.75) is 38.7 Å². The van der Waals surface area contributed by atoms with Crippen molar-refractivity contribution in [1.82, 2.24) is 10.3 Å². The summed E-state index contributed by atoms with van der Waals surface area (Å²) in [5.41, 5.74) is 9.80. The van der Waals surface area contributed by atoms with Crippen LogP contribution in [0.15, 0.2) is 42.6 Å². The van der Waals surface area contributed by atoms with Crippen molar-refractivity contribution in [3.63, 3.8) is 0 Å². The number of hydrogen-bond donors (Lipinski definition) is 2. The van der Waals surface area contributed by atoms with E-state index in [1.807, 2.05) is 18.2 Å². The molecular formula is C25H27N3O4. The second-order valence-electron chi connectivity index (χ2n) is 7.95. The fourth-order valence-electron chi connectivity index (χ4n) is 3.48. The minimum atomic E-state index is -0.449. The Morgan fingerprint density at radius 2 is 1.94 bits per heavy atom. The van der Waals surface area contributed by atoms with Gasteiger partial charge in [0.05, 0.1) is 18.3 Å². The maximum absolute atomic E-state index is 12.4. The van der Waals surface area contributed by atoms with Gasteiger partial charge in [0.15, 0.2) is 0 Å². The maximum Gasteiger partial charge on any atom is 0.342 e. The van der Waals surface area contributed by atoms with E-state index in [9.17, 15) is 9.59 Å². The zero-order valence-electron chi connectivity index (χ0n) is 18.3. The van der Waals surface area contributed by atoms with E-state index in [-0.39, 0.29) is 17.6 Å². The van der Waals surface area contributed by atoms with Crippen LogP contribution < -0.4 is 15.8 Å². The van der Waals surface area contributed by atoms with E-state index in [4.69, 9.17) is 15.2 Å². The predicted molar refractivity (Wildman–Crippen MR) is 124 cm³/mol. The van der Waals surface area contributed by atoms with Gasteiger partial charge in [0.2, 0.25) is 0 Å². The fourth-order valence-corrected chi connectivity index (χ4v) is 3.48. The van der Waals surface area contributed by atoms with Crippen molar-refractivity contribution in [1.29, 1.82) is 0 Å². The summed E-state index contributed by atoms with van der Waals surface area (Å²) in [6.45, 7) is 2.74. The van der Waals surface area contributed by atoms with Crippen molar-refractivity contribution < 1.29 is 19.1 Å². The SMILES string of the molecule is CCCCNC(=O)c1ccc(-c2cc3c(N)c(C(=O)OC4CC4)cnc3cc2OC)cc1. The van der Waals surface area contributed by atoms with Crippen LogP contribution in [0, 0.1) is 0 Å². The van der Waals surface area contributed by atoms with Gasteiger partial charge in [-0.05, 0) is 43.0 Å². The third-order valence-electron chi connectivity index (χ3n) is 5.52. The molecule has 1 amide bonds. The summed E-state index contributed by atoms with van der Waals surface area (Å²) in [5.74, 6) is 0.0794. The number of aromatic nitrogens is 1. The Morgan fingerprint density at radius 1 is 1.19 bits per heavy atom. The Kier molecular flexibility index (Phi) is 6.25. The standard InChI is InChI=1S/C25H27N3O4/c1-3-4-11-27-24(29)16-7-5-15(6-8-16)18-12-19-21(13-22(18)31-2)28-14-20(23(19)26)25(30)32-17-9-10-17/h5-8,12-14,17H,3-4,9-11H2,1-2H3,(H2,26,28)(H,27,29). The monoisotopic (exact) mass is 433 g/mol. The van der Waals surface area contributed by atoms with E-state index in [1.54, 1.807) is 25.3 Å². The molecule has 0 bridgehead atoms. The van der Waals surface area contributed by atoms with E-state index in [0.29, 0.717) is 34.4 Å². The van der Waals surface area contributed by atoms with Crippen molar-refractivity contribution in [2.24, 2.45) is 0 Å². The van der Waals surface area contributed by atoms with Crippen LogP contribution in [-0.4, -0.2) is 36.6 Å².